The Hall–Kier alpha value is -8.73. The molecule has 0 fully saturated rings. The summed E-state index contributed by atoms with van der Waals surface area (Å²) < 4.78 is 2.54. The first kappa shape index (κ1) is 36.9. The average Bonchev–Trinajstić information content (AvgIpc) is 3.68. The van der Waals surface area contributed by atoms with Gasteiger partial charge in [0.15, 0.2) is 17.5 Å². The fourth-order valence-corrected chi connectivity index (χ4v) is 9.95. The van der Waals surface area contributed by atoms with Crippen molar-refractivity contribution < 1.29 is 0 Å². The van der Waals surface area contributed by atoms with E-state index in [2.05, 4.69) is 217 Å². The Morgan fingerprint density at radius 3 is 1.23 bits per heavy atom. The van der Waals surface area contributed by atoms with Crippen LogP contribution in [0.15, 0.2) is 231 Å². The van der Waals surface area contributed by atoms with Crippen LogP contribution in [-0.4, -0.2) is 19.5 Å². The largest absolute Gasteiger partial charge is 0.308 e. The van der Waals surface area contributed by atoms with E-state index in [1.807, 2.05) is 18.2 Å². The maximum atomic E-state index is 5.51. The molecule has 13 aromatic rings. The number of hydrogen-bond donors (Lipinski definition) is 0. The van der Waals surface area contributed by atoms with Gasteiger partial charge in [-0.05, 0) is 79.2 Å². The molecule has 4 heteroatoms. The summed E-state index contributed by atoms with van der Waals surface area (Å²) in [6.07, 6.45) is 0. The highest BCUT2D eigenvalue weighted by molar-refractivity contribution is 6.21. The minimum absolute atomic E-state index is 0.611. The van der Waals surface area contributed by atoms with Crippen molar-refractivity contribution in [3.8, 4) is 62.1 Å². The lowest BCUT2D eigenvalue weighted by atomic mass is 9.84. The topological polar surface area (TPSA) is 43.6 Å². The fourth-order valence-electron chi connectivity index (χ4n) is 9.95. The number of fused-ring (bicyclic) bond motifs is 7. The van der Waals surface area contributed by atoms with Crippen LogP contribution in [0.1, 0.15) is 0 Å². The summed E-state index contributed by atoms with van der Waals surface area (Å²) in [5.74, 6) is 1.85. The molecule has 4 nitrogen and oxygen atoms in total. The minimum Gasteiger partial charge on any atom is -0.308 e. The van der Waals surface area contributed by atoms with Crippen LogP contribution in [0.5, 0.6) is 0 Å². The molecule has 0 saturated carbocycles. The van der Waals surface area contributed by atoms with Gasteiger partial charge < -0.3 is 4.57 Å². The molecule has 0 radical (unpaired) electrons. The Morgan fingerprint density at radius 1 is 0.246 bits per heavy atom. The zero-order chi connectivity index (χ0) is 42.8. The van der Waals surface area contributed by atoms with Crippen LogP contribution >= 0.6 is 0 Å². The third-order valence-electron chi connectivity index (χ3n) is 12.9. The Kier molecular flexibility index (Phi) is 8.50. The second kappa shape index (κ2) is 15.0. The molecule has 0 unspecified atom stereocenters. The van der Waals surface area contributed by atoms with E-state index in [-0.39, 0.29) is 0 Å². The summed E-state index contributed by atoms with van der Waals surface area (Å²) in [4.78, 5) is 16.2. The molecule has 0 aliphatic rings. The number of rotatable bonds is 6. The molecule has 13 rings (SSSR count). The molecule has 0 saturated heterocycles. The highest BCUT2D eigenvalue weighted by atomic mass is 15.0. The van der Waals surface area contributed by atoms with Crippen molar-refractivity contribution in [2.75, 3.05) is 0 Å². The molecular weight excluding hydrogens is 789 g/mol. The van der Waals surface area contributed by atoms with Gasteiger partial charge >= 0.3 is 0 Å². The second-order valence-corrected chi connectivity index (χ2v) is 16.8. The molecule has 0 aliphatic heterocycles. The quantitative estimate of drug-likeness (QED) is 0.168. The summed E-state index contributed by atoms with van der Waals surface area (Å²) in [7, 11) is 0. The smallest absolute Gasteiger partial charge is 0.165 e. The Balaban J connectivity index is 1.23. The van der Waals surface area contributed by atoms with E-state index < -0.39 is 0 Å². The van der Waals surface area contributed by atoms with Crippen molar-refractivity contribution in [1.29, 1.82) is 0 Å². The molecule has 2 aromatic heterocycles. The van der Waals surface area contributed by atoms with Crippen LogP contribution in [0.3, 0.4) is 0 Å². The van der Waals surface area contributed by atoms with Crippen molar-refractivity contribution >= 4 is 64.9 Å². The van der Waals surface area contributed by atoms with Gasteiger partial charge in [-0.15, -0.1) is 0 Å². The second-order valence-electron chi connectivity index (χ2n) is 16.8. The van der Waals surface area contributed by atoms with E-state index in [9.17, 15) is 0 Å². The number of aromatic nitrogens is 4. The normalized spacial score (nSPS) is 11.7. The summed E-state index contributed by atoms with van der Waals surface area (Å²) in [5.41, 5.74) is 10.5. The molecule has 302 valence electrons. The molecule has 2 heterocycles. The van der Waals surface area contributed by atoms with Gasteiger partial charge in [0.25, 0.3) is 0 Å². The lowest BCUT2D eigenvalue weighted by Crippen LogP contribution is -2.06. The van der Waals surface area contributed by atoms with Crippen LogP contribution in [0, 0.1) is 0 Å². The summed E-state index contributed by atoms with van der Waals surface area (Å²) >= 11 is 0. The van der Waals surface area contributed by atoms with Gasteiger partial charge in [0.2, 0.25) is 0 Å². The van der Waals surface area contributed by atoms with E-state index in [0.29, 0.717) is 17.5 Å². The van der Waals surface area contributed by atoms with Crippen molar-refractivity contribution in [2.24, 2.45) is 0 Å². The van der Waals surface area contributed by atoms with Crippen molar-refractivity contribution in [1.82, 2.24) is 19.5 Å². The van der Waals surface area contributed by atoms with Gasteiger partial charge in [-0.3, -0.25) is 0 Å². The minimum atomic E-state index is 0.611. The number of benzene rings is 11. The highest BCUT2D eigenvalue weighted by Gasteiger charge is 2.28. The standard InChI is InChI=1S/C61H38N4/c1-4-19-40(20-5-1)55-56(41-21-6-2-7-22-41)58(65-53-37-46-28-14-12-26-44(46)35-51(53)52-36-45-27-13-15-29-47(45)38-54(52)65)50-31-17-16-30-49(50)57(55)61-63-59(42-23-8-3-9-24-42)62-60(64-61)48-33-32-39-18-10-11-25-43(39)34-48/h1-38H. The van der Waals surface area contributed by atoms with Crippen LogP contribution < -0.4 is 0 Å². The van der Waals surface area contributed by atoms with Gasteiger partial charge in [-0.2, -0.15) is 0 Å². The van der Waals surface area contributed by atoms with Gasteiger partial charge in [0, 0.05) is 44.0 Å². The molecular formula is C61H38N4. The van der Waals surface area contributed by atoms with E-state index in [1.165, 1.54) is 37.7 Å². The average molecular weight is 827 g/mol. The Morgan fingerprint density at radius 2 is 0.662 bits per heavy atom. The van der Waals surface area contributed by atoms with E-state index >= 15 is 0 Å². The van der Waals surface area contributed by atoms with Crippen molar-refractivity contribution in [3.05, 3.63) is 231 Å². The third-order valence-corrected chi connectivity index (χ3v) is 12.9. The predicted octanol–water partition coefficient (Wildman–Crippen LogP) is 15.9. The third kappa shape index (κ3) is 6.11. The molecule has 0 aliphatic carbocycles. The lowest BCUT2D eigenvalue weighted by Gasteiger charge is -2.25. The van der Waals surface area contributed by atoms with Gasteiger partial charge in [-0.25, -0.2) is 15.0 Å². The van der Waals surface area contributed by atoms with E-state index in [4.69, 9.17) is 15.0 Å². The van der Waals surface area contributed by atoms with Crippen molar-refractivity contribution in [3.63, 3.8) is 0 Å². The Labute approximate surface area is 375 Å². The molecule has 0 spiro atoms. The zero-order valence-electron chi connectivity index (χ0n) is 35.2. The number of hydrogen-bond acceptors (Lipinski definition) is 3. The van der Waals surface area contributed by atoms with Gasteiger partial charge in [-0.1, -0.05) is 200 Å². The SMILES string of the molecule is c1ccc(-c2nc(-c3ccc4ccccc4c3)nc(-c3c(-c4ccccc4)c(-c4ccccc4)c(-n4c5cc6ccccc6cc5c5cc6ccccc6cc54)c4ccccc34)n2)cc1. The van der Waals surface area contributed by atoms with Crippen LogP contribution in [0.2, 0.25) is 0 Å². The molecule has 65 heavy (non-hydrogen) atoms. The zero-order valence-corrected chi connectivity index (χ0v) is 35.2. The molecule has 0 amide bonds. The first-order valence-electron chi connectivity index (χ1n) is 22.1. The van der Waals surface area contributed by atoms with Crippen LogP contribution in [-0.2, 0) is 0 Å². The molecule has 0 atom stereocenters. The predicted molar refractivity (Wildman–Crippen MR) is 271 cm³/mol. The van der Waals surface area contributed by atoms with E-state index in [1.54, 1.807) is 0 Å². The lowest BCUT2D eigenvalue weighted by molar-refractivity contribution is 1.08. The van der Waals surface area contributed by atoms with E-state index in [0.717, 1.165) is 71.8 Å². The molecule has 0 bridgehead atoms. The first-order chi connectivity index (χ1) is 32.2. The monoisotopic (exact) mass is 826 g/mol. The maximum absolute atomic E-state index is 5.51. The summed E-state index contributed by atoms with van der Waals surface area (Å²) in [5, 5.41) is 11.7. The highest BCUT2D eigenvalue weighted by Crippen LogP contribution is 2.51. The maximum Gasteiger partial charge on any atom is 0.165 e. The number of nitrogens with zero attached hydrogens (tertiary/aromatic N) is 4. The van der Waals surface area contributed by atoms with Crippen molar-refractivity contribution in [2.45, 2.75) is 0 Å². The first-order valence-corrected chi connectivity index (χ1v) is 22.1. The van der Waals surface area contributed by atoms with Gasteiger partial charge in [0.05, 0.1) is 16.7 Å². The summed E-state index contributed by atoms with van der Waals surface area (Å²) in [6.45, 7) is 0. The molecule has 0 N–H and O–H groups in total. The van der Waals surface area contributed by atoms with Crippen LogP contribution in [0.4, 0.5) is 0 Å². The Bertz CT molecular complexity index is 3890. The molecule has 11 aromatic carbocycles. The summed E-state index contributed by atoms with van der Waals surface area (Å²) in [6, 6.07) is 82.6. The van der Waals surface area contributed by atoms with Gasteiger partial charge in [0.1, 0.15) is 0 Å². The van der Waals surface area contributed by atoms with Crippen LogP contribution in [0.25, 0.3) is 127 Å². The fraction of sp³-hybridized carbons (Fsp3) is 0.